The normalized spacial score (nSPS) is 14.2. The second-order valence-corrected chi connectivity index (χ2v) is 7.56. The van der Waals surface area contributed by atoms with Gasteiger partial charge in [-0.25, -0.2) is 0 Å². The topological polar surface area (TPSA) is 17.1 Å². The molecule has 0 amide bonds. The van der Waals surface area contributed by atoms with Crippen LogP contribution in [0.1, 0.15) is 5.56 Å². The van der Waals surface area contributed by atoms with Crippen molar-refractivity contribution in [2.75, 3.05) is 12.8 Å². The lowest BCUT2D eigenvalue weighted by Gasteiger charge is -2.13. The summed E-state index contributed by atoms with van der Waals surface area (Å²) in [4.78, 5) is 0. The Morgan fingerprint density at radius 3 is 2.00 bits per heavy atom. The first-order valence-electron chi connectivity index (χ1n) is 5.84. The van der Waals surface area contributed by atoms with Gasteiger partial charge in [0.05, 0.1) is 0 Å². The first-order valence-corrected chi connectivity index (χ1v) is 8.18. The molecule has 0 radical (unpaired) electrons. The van der Waals surface area contributed by atoms with Crippen LogP contribution in [0.15, 0.2) is 60.7 Å². The monoisotopic (exact) mass is 244 g/mol. The van der Waals surface area contributed by atoms with Gasteiger partial charge in [-0.3, -0.25) is 0 Å². The van der Waals surface area contributed by atoms with Crippen LogP contribution in [0.3, 0.4) is 0 Å². The molecule has 0 fully saturated rings. The summed E-state index contributed by atoms with van der Waals surface area (Å²) in [5, 5.41) is 0.982. The minimum absolute atomic E-state index is 0.737. The van der Waals surface area contributed by atoms with Crippen molar-refractivity contribution >= 4 is 12.4 Å². The van der Waals surface area contributed by atoms with E-state index in [4.69, 9.17) is 0 Å². The number of hydrogen-bond donors (Lipinski definition) is 0. The van der Waals surface area contributed by atoms with E-state index in [2.05, 4.69) is 12.1 Å². The van der Waals surface area contributed by atoms with Gasteiger partial charge in [0, 0.05) is 11.5 Å². The Balaban J connectivity index is 2.06. The summed E-state index contributed by atoms with van der Waals surface area (Å²) in [6, 6.07) is 20.0. The van der Waals surface area contributed by atoms with E-state index in [1.54, 1.807) is 0 Å². The van der Waals surface area contributed by atoms with E-state index in [0.29, 0.717) is 0 Å². The summed E-state index contributed by atoms with van der Waals surface area (Å²) in [6.07, 6.45) is 1.62. The van der Waals surface area contributed by atoms with Gasteiger partial charge < -0.3 is 4.57 Å². The van der Waals surface area contributed by atoms with Crippen LogP contribution in [-0.4, -0.2) is 12.8 Å². The van der Waals surface area contributed by atoms with Crippen LogP contribution in [0.2, 0.25) is 0 Å². The molecule has 0 aromatic heterocycles. The van der Waals surface area contributed by atoms with Gasteiger partial charge in [0.1, 0.15) is 7.14 Å². The lowest BCUT2D eigenvalue weighted by Crippen LogP contribution is -2.07. The summed E-state index contributed by atoms with van der Waals surface area (Å²) < 4.78 is 12.6. The summed E-state index contributed by atoms with van der Waals surface area (Å²) in [5.41, 5.74) is 1.26. The molecule has 0 aliphatic heterocycles. The van der Waals surface area contributed by atoms with Crippen molar-refractivity contribution in [2.45, 2.75) is 6.42 Å². The van der Waals surface area contributed by atoms with E-state index in [-0.39, 0.29) is 0 Å². The summed E-state index contributed by atoms with van der Waals surface area (Å²) in [6.45, 7) is 1.88. The second-order valence-electron chi connectivity index (χ2n) is 4.40. The Morgan fingerprint density at radius 1 is 0.882 bits per heavy atom. The highest BCUT2D eigenvalue weighted by Crippen LogP contribution is 2.40. The third kappa shape index (κ3) is 3.31. The average molecular weight is 244 g/mol. The van der Waals surface area contributed by atoms with Gasteiger partial charge in [0.15, 0.2) is 0 Å². The molecule has 88 valence electrons. The standard InChI is InChI=1S/C15H17OP/c1-17(16,15-10-6-3-7-11-15)13-12-14-8-4-2-5-9-14/h2-11H,12-13H2,1H3/t17-/m1/s1. The zero-order valence-corrected chi connectivity index (χ0v) is 10.9. The van der Waals surface area contributed by atoms with E-state index in [1.807, 2.05) is 55.2 Å². The van der Waals surface area contributed by atoms with Crippen molar-refractivity contribution in [1.82, 2.24) is 0 Å². The number of hydrogen-bond acceptors (Lipinski definition) is 1. The molecule has 17 heavy (non-hydrogen) atoms. The van der Waals surface area contributed by atoms with Crippen LogP contribution < -0.4 is 5.30 Å². The Hall–Kier alpha value is -1.33. The summed E-state index contributed by atoms with van der Waals surface area (Å²) >= 11 is 0. The fraction of sp³-hybridized carbons (Fsp3) is 0.200. The molecular formula is C15H17OP. The van der Waals surface area contributed by atoms with Crippen LogP contribution in [0.4, 0.5) is 0 Å². The Morgan fingerprint density at radius 2 is 1.41 bits per heavy atom. The molecule has 2 heteroatoms. The lowest BCUT2D eigenvalue weighted by molar-refractivity contribution is 0.584. The fourth-order valence-electron chi connectivity index (χ4n) is 1.86. The van der Waals surface area contributed by atoms with E-state index < -0.39 is 7.14 Å². The molecule has 2 aromatic carbocycles. The third-order valence-corrected chi connectivity index (χ3v) is 5.44. The molecule has 0 heterocycles. The average Bonchev–Trinajstić information content (AvgIpc) is 2.39. The highest BCUT2D eigenvalue weighted by Gasteiger charge is 2.17. The predicted octanol–water partition coefficient (Wildman–Crippen LogP) is 3.55. The molecule has 1 nitrogen and oxygen atoms in total. The molecule has 0 saturated heterocycles. The minimum atomic E-state index is -2.21. The highest BCUT2D eigenvalue weighted by molar-refractivity contribution is 7.70. The van der Waals surface area contributed by atoms with Gasteiger partial charge in [-0.2, -0.15) is 0 Å². The Kier molecular flexibility index (Phi) is 3.81. The van der Waals surface area contributed by atoms with Crippen molar-refractivity contribution in [3.63, 3.8) is 0 Å². The van der Waals surface area contributed by atoms with Crippen LogP contribution in [-0.2, 0) is 11.0 Å². The number of benzene rings is 2. The smallest absolute Gasteiger partial charge is 0.113 e. The van der Waals surface area contributed by atoms with E-state index in [1.165, 1.54) is 5.56 Å². The van der Waals surface area contributed by atoms with Gasteiger partial charge in [-0.05, 0) is 18.6 Å². The first kappa shape index (κ1) is 12.1. The molecule has 2 rings (SSSR count). The molecular weight excluding hydrogens is 227 g/mol. The van der Waals surface area contributed by atoms with E-state index in [0.717, 1.165) is 17.9 Å². The number of aryl methyl sites for hydroxylation is 1. The third-order valence-electron chi connectivity index (χ3n) is 2.97. The molecule has 2 aromatic rings. The molecule has 0 aliphatic rings. The predicted molar refractivity (Wildman–Crippen MR) is 74.6 cm³/mol. The van der Waals surface area contributed by atoms with Gasteiger partial charge in [-0.1, -0.05) is 60.7 Å². The quantitative estimate of drug-likeness (QED) is 0.752. The molecule has 0 N–H and O–H groups in total. The molecule has 1 atom stereocenters. The van der Waals surface area contributed by atoms with Crippen LogP contribution in [0, 0.1) is 0 Å². The molecule has 0 saturated carbocycles. The second kappa shape index (κ2) is 5.33. The molecule has 0 spiro atoms. The number of rotatable bonds is 4. The molecule has 0 bridgehead atoms. The summed E-state index contributed by atoms with van der Waals surface area (Å²) in [5.74, 6) is 0. The van der Waals surface area contributed by atoms with E-state index >= 15 is 0 Å². The van der Waals surface area contributed by atoms with E-state index in [9.17, 15) is 4.57 Å². The molecule has 0 aliphatic carbocycles. The fourth-order valence-corrected chi connectivity index (χ4v) is 3.61. The zero-order valence-electron chi connectivity index (χ0n) is 10.0. The minimum Gasteiger partial charge on any atom is -0.319 e. The Labute approximate surface area is 103 Å². The van der Waals surface area contributed by atoms with Crippen molar-refractivity contribution in [3.05, 3.63) is 66.2 Å². The Bertz CT molecular complexity index is 505. The van der Waals surface area contributed by atoms with Gasteiger partial charge in [0.25, 0.3) is 0 Å². The zero-order chi connectivity index (χ0) is 12.1. The van der Waals surface area contributed by atoms with Crippen molar-refractivity contribution in [2.24, 2.45) is 0 Å². The van der Waals surface area contributed by atoms with Gasteiger partial charge in [0.2, 0.25) is 0 Å². The van der Waals surface area contributed by atoms with Crippen LogP contribution in [0.25, 0.3) is 0 Å². The molecule has 0 unspecified atom stereocenters. The largest absolute Gasteiger partial charge is 0.319 e. The summed E-state index contributed by atoms with van der Waals surface area (Å²) in [7, 11) is -2.21. The van der Waals surface area contributed by atoms with Crippen molar-refractivity contribution in [1.29, 1.82) is 0 Å². The van der Waals surface area contributed by atoms with Gasteiger partial charge >= 0.3 is 0 Å². The maximum absolute atomic E-state index is 12.6. The van der Waals surface area contributed by atoms with Gasteiger partial charge in [-0.15, -0.1) is 0 Å². The maximum Gasteiger partial charge on any atom is 0.113 e. The van der Waals surface area contributed by atoms with Crippen molar-refractivity contribution < 1.29 is 4.57 Å². The SMILES string of the molecule is C[P@@](=O)(CCc1ccccc1)c1ccccc1. The van der Waals surface area contributed by atoms with Crippen LogP contribution >= 0.6 is 7.14 Å². The van der Waals surface area contributed by atoms with Crippen LogP contribution in [0.5, 0.6) is 0 Å². The lowest BCUT2D eigenvalue weighted by atomic mass is 10.2. The van der Waals surface area contributed by atoms with Crippen molar-refractivity contribution in [3.8, 4) is 0 Å². The highest BCUT2D eigenvalue weighted by atomic mass is 31.2. The first-order chi connectivity index (χ1) is 8.18. The maximum atomic E-state index is 12.6.